The first-order valence-corrected chi connectivity index (χ1v) is 12.3. The van der Waals surface area contributed by atoms with Crippen molar-refractivity contribution in [1.29, 1.82) is 0 Å². The Bertz CT molecular complexity index is 860. The summed E-state index contributed by atoms with van der Waals surface area (Å²) < 4.78 is 38.5. The molecule has 2 rings (SSSR count). The smallest absolute Gasteiger partial charge is 0.746 e. The van der Waals surface area contributed by atoms with E-state index < -0.39 is 7.82 Å². The maximum Gasteiger partial charge on any atom is 1.00 e. The van der Waals surface area contributed by atoms with Gasteiger partial charge >= 0.3 is 37.4 Å². The van der Waals surface area contributed by atoms with Gasteiger partial charge in [0.2, 0.25) is 0 Å². The predicted octanol–water partition coefficient (Wildman–Crippen LogP) is 2.19. The second-order valence-corrected chi connectivity index (χ2v) is 8.86. The predicted molar refractivity (Wildman–Crippen MR) is 123 cm³/mol. The van der Waals surface area contributed by atoms with E-state index in [1.165, 1.54) is 0 Å². The van der Waals surface area contributed by atoms with Gasteiger partial charge < -0.3 is 28.2 Å². The molecular weight excluding hydrogens is 454 g/mol. The van der Waals surface area contributed by atoms with Gasteiger partial charge in [0.15, 0.2) is 0 Å². The van der Waals surface area contributed by atoms with Crippen LogP contribution in [0.1, 0.15) is 44.2 Å². The maximum atomic E-state index is 12.1. The first-order chi connectivity index (χ1) is 15.3. The van der Waals surface area contributed by atoms with Crippen molar-refractivity contribution in [2.24, 2.45) is 5.92 Å². The summed E-state index contributed by atoms with van der Waals surface area (Å²) in [7, 11) is 0.468. The zero-order valence-electron chi connectivity index (χ0n) is 20.6. The number of phosphoric acid groups is 1. The van der Waals surface area contributed by atoms with Crippen molar-refractivity contribution in [3.8, 4) is 23.0 Å². The first kappa shape index (κ1) is 29.8. The summed E-state index contributed by atoms with van der Waals surface area (Å²) in [5, 5.41) is 0. The van der Waals surface area contributed by atoms with Gasteiger partial charge in [-0.2, -0.15) is 0 Å². The van der Waals surface area contributed by atoms with Gasteiger partial charge in [-0.3, -0.25) is 4.57 Å². The van der Waals surface area contributed by atoms with Crippen LogP contribution in [0.3, 0.4) is 0 Å². The molecule has 0 saturated carbocycles. The summed E-state index contributed by atoms with van der Waals surface area (Å²) in [5.74, 6) is 2.58. The molecule has 2 aromatic carbocycles. The molecule has 0 radical (unpaired) electrons. The Morgan fingerprint density at radius 3 is 1.94 bits per heavy atom. The van der Waals surface area contributed by atoms with Crippen LogP contribution in [0, 0.1) is 5.92 Å². The van der Waals surface area contributed by atoms with Crippen LogP contribution >= 0.6 is 7.82 Å². The zero-order valence-corrected chi connectivity index (χ0v) is 23.5. The molecule has 0 aliphatic heterocycles. The molecule has 0 heterocycles. The number of rotatable bonds is 14. The van der Waals surface area contributed by atoms with Crippen LogP contribution < -0.4 is 53.2 Å². The molecule has 0 aliphatic rings. The van der Waals surface area contributed by atoms with Crippen LogP contribution in [0.15, 0.2) is 36.4 Å². The molecule has 33 heavy (non-hydrogen) atoms. The number of hydrogen-bond acceptors (Lipinski definition) is 7. The van der Waals surface area contributed by atoms with E-state index in [0.717, 1.165) is 54.7 Å². The Morgan fingerprint density at radius 2 is 1.45 bits per heavy atom. The summed E-state index contributed by atoms with van der Waals surface area (Å²) >= 11 is 0. The van der Waals surface area contributed by atoms with Gasteiger partial charge in [-0.1, -0.05) is 38.8 Å². The largest absolute Gasteiger partial charge is 1.00 e. The third-order valence-electron chi connectivity index (χ3n) is 5.47. The number of ether oxygens (including phenoxy) is 3. The van der Waals surface area contributed by atoms with E-state index in [9.17, 15) is 9.46 Å². The number of hydrogen-bond donors (Lipinski definition) is 0. The van der Waals surface area contributed by atoms with Gasteiger partial charge in [-0.15, -0.1) is 0 Å². The summed E-state index contributed by atoms with van der Waals surface area (Å²) in [6.07, 6.45) is 4.14. The molecule has 1 atom stereocenters. The minimum absolute atomic E-state index is 0. The van der Waals surface area contributed by atoms with Gasteiger partial charge in [-0.05, 0) is 42.9 Å². The van der Waals surface area contributed by atoms with Crippen LogP contribution in [0.25, 0.3) is 0 Å². The SMILES string of the molecule is CCC(CC)COP(=O)([O-])Oc1ccc(CCCc2c(OC)cc(OC)cc2OC)cc1.[Na+]. The summed E-state index contributed by atoms with van der Waals surface area (Å²) in [5.41, 5.74) is 2.06. The first-order valence-electron chi connectivity index (χ1n) is 10.9. The number of aryl methyl sites for hydroxylation is 1. The normalized spacial score (nSPS) is 12.6. The Labute approximate surface area is 219 Å². The standard InChI is InChI=1S/C24H35O7P.Na/c1-6-18(7-2)17-30-32(25,26)31-20-13-11-19(12-14-20)9-8-10-22-23(28-4)15-21(27-3)16-24(22)29-5;/h11-16,18H,6-10,17H2,1-5H3,(H,25,26);/q;+1/p-1. The zero-order chi connectivity index (χ0) is 23.6. The second-order valence-electron chi connectivity index (χ2n) is 7.52. The van der Waals surface area contributed by atoms with Crippen molar-refractivity contribution in [3.63, 3.8) is 0 Å². The van der Waals surface area contributed by atoms with E-state index in [4.69, 9.17) is 23.3 Å². The minimum atomic E-state index is -4.38. The molecule has 0 aromatic heterocycles. The number of methoxy groups -OCH3 is 3. The van der Waals surface area contributed by atoms with Crippen molar-refractivity contribution in [2.75, 3.05) is 27.9 Å². The van der Waals surface area contributed by atoms with Crippen LogP contribution in [0.4, 0.5) is 0 Å². The van der Waals surface area contributed by atoms with Crippen LogP contribution in [-0.2, 0) is 21.9 Å². The van der Waals surface area contributed by atoms with Gasteiger partial charge in [-0.25, -0.2) is 0 Å². The maximum absolute atomic E-state index is 12.1. The van der Waals surface area contributed by atoms with Crippen LogP contribution in [0.2, 0.25) is 0 Å². The van der Waals surface area contributed by atoms with Gasteiger partial charge in [0.05, 0.1) is 27.9 Å². The van der Waals surface area contributed by atoms with Gasteiger partial charge in [0.25, 0.3) is 0 Å². The Hall–Kier alpha value is -1.21. The molecule has 0 N–H and O–H groups in total. The van der Waals surface area contributed by atoms with Crippen molar-refractivity contribution in [1.82, 2.24) is 0 Å². The van der Waals surface area contributed by atoms with E-state index in [0.29, 0.717) is 5.75 Å². The van der Waals surface area contributed by atoms with Crippen molar-refractivity contribution in [2.45, 2.75) is 46.0 Å². The van der Waals surface area contributed by atoms with Crippen LogP contribution in [-0.4, -0.2) is 27.9 Å². The summed E-state index contributed by atoms with van der Waals surface area (Å²) in [6.45, 7) is 4.16. The van der Waals surface area contributed by atoms with Crippen molar-refractivity contribution >= 4 is 7.82 Å². The number of phosphoric ester groups is 1. The molecule has 0 saturated heterocycles. The van der Waals surface area contributed by atoms with E-state index in [1.54, 1.807) is 33.5 Å². The number of benzene rings is 2. The fraction of sp³-hybridized carbons (Fsp3) is 0.500. The van der Waals surface area contributed by atoms with Crippen molar-refractivity contribution < 1.29 is 62.3 Å². The Kier molecular flexibility index (Phi) is 13.5. The molecule has 0 aliphatic carbocycles. The van der Waals surface area contributed by atoms with Crippen molar-refractivity contribution in [3.05, 3.63) is 47.5 Å². The third-order valence-corrected chi connectivity index (χ3v) is 6.37. The monoisotopic (exact) mass is 488 g/mol. The molecule has 178 valence electrons. The molecule has 0 amide bonds. The molecule has 1 unspecified atom stereocenters. The molecule has 0 spiro atoms. The molecule has 0 bridgehead atoms. The van der Waals surface area contributed by atoms with E-state index >= 15 is 0 Å². The molecule has 7 nitrogen and oxygen atoms in total. The van der Waals surface area contributed by atoms with Crippen LogP contribution in [0.5, 0.6) is 23.0 Å². The average molecular weight is 488 g/mol. The molecule has 9 heteroatoms. The molecule has 2 aromatic rings. The average Bonchev–Trinajstić information content (AvgIpc) is 2.80. The molecule has 0 fully saturated rings. The second kappa shape index (κ2) is 14.9. The Balaban J connectivity index is 0.00000544. The van der Waals surface area contributed by atoms with Gasteiger partial charge in [0.1, 0.15) is 23.0 Å². The fourth-order valence-corrected chi connectivity index (χ4v) is 4.21. The van der Waals surface area contributed by atoms with E-state index in [-0.39, 0.29) is 47.8 Å². The summed E-state index contributed by atoms with van der Waals surface area (Å²) in [6, 6.07) is 10.7. The minimum Gasteiger partial charge on any atom is -0.746 e. The van der Waals surface area contributed by atoms with E-state index in [1.807, 2.05) is 38.1 Å². The Morgan fingerprint density at radius 1 is 0.879 bits per heavy atom. The fourth-order valence-electron chi connectivity index (χ4n) is 3.39. The quantitative estimate of drug-likeness (QED) is 0.298. The third kappa shape index (κ3) is 9.51. The molecular formula is C24H34NaO7P. The topological polar surface area (TPSA) is 86.3 Å². The van der Waals surface area contributed by atoms with E-state index in [2.05, 4.69) is 0 Å². The summed E-state index contributed by atoms with van der Waals surface area (Å²) in [4.78, 5) is 12.1. The van der Waals surface area contributed by atoms with Gasteiger partial charge in [0, 0.05) is 17.7 Å².